The molecule has 0 bridgehead atoms. The highest BCUT2D eigenvalue weighted by molar-refractivity contribution is 5.92. The van der Waals surface area contributed by atoms with Gasteiger partial charge < -0.3 is 26.0 Å². The number of carbonyl (C=O) groups is 4. The molecule has 9 nitrogen and oxygen atoms in total. The van der Waals surface area contributed by atoms with Gasteiger partial charge in [-0.15, -0.1) is 0 Å². The molecule has 1 aliphatic rings. The molecule has 0 spiro atoms. The Hall–Kier alpha value is -2.16. The maximum absolute atomic E-state index is 12.5. The maximum Gasteiger partial charge on any atom is 0.243 e. The highest BCUT2D eigenvalue weighted by atomic mass is 16.3. The zero-order chi connectivity index (χ0) is 22.8. The summed E-state index contributed by atoms with van der Waals surface area (Å²) in [6.07, 6.45) is 2.11. The Morgan fingerprint density at radius 1 is 1.10 bits per heavy atom. The van der Waals surface area contributed by atoms with Gasteiger partial charge in [-0.05, 0) is 32.6 Å². The van der Waals surface area contributed by atoms with Crippen LogP contribution in [0.25, 0.3) is 0 Å². The summed E-state index contributed by atoms with van der Waals surface area (Å²) in [5.41, 5.74) is 0. The number of hydrogen-bond donors (Lipinski definition) is 4. The Kier molecular flexibility index (Phi) is 10.8. The van der Waals surface area contributed by atoms with Gasteiger partial charge in [0.2, 0.25) is 23.6 Å². The number of amides is 4. The van der Waals surface area contributed by atoms with E-state index in [9.17, 15) is 24.3 Å². The standard InChI is InChI=1S/C21H38N4O5/c1-6-22-19(28)15(5)23-20(29)18(13(2)3)24-16(26)10-8-7-9-11-25-17(27)12-14(4)21(25)30/h13-15,17-18,27H,6-12H2,1-5H3,(H,22,28)(H,23,29)(H,24,26)/t14?,15-,17?,18-/m0/s1. The van der Waals surface area contributed by atoms with E-state index in [0.29, 0.717) is 32.4 Å². The van der Waals surface area contributed by atoms with Crippen molar-refractivity contribution < 1.29 is 24.3 Å². The van der Waals surface area contributed by atoms with Crippen molar-refractivity contribution in [3.05, 3.63) is 0 Å². The van der Waals surface area contributed by atoms with Crippen LogP contribution in [0.2, 0.25) is 0 Å². The molecule has 9 heteroatoms. The second-order valence-electron chi connectivity index (χ2n) is 8.37. The maximum atomic E-state index is 12.5. The van der Waals surface area contributed by atoms with Crippen molar-refractivity contribution in [3.8, 4) is 0 Å². The summed E-state index contributed by atoms with van der Waals surface area (Å²) < 4.78 is 0. The number of unbranched alkanes of at least 4 members (excludes halogenated alkanes) is 2. The topological polar surface area (TPSA) is 128 Å². The zero-order valence-corrected chi connectivity index (χ0v) is 18.9. The van der Waals surface area contributed by atoms with E-state index in [4.69, 9.17) is 0 Å². The lowest BCUT2D eigenvalue weighted by Crippen LogP contribution is -2.54. The van der Waals surface area contributed by atoms with E-state index in [2.05, 4.69) is 16.0 Å². The minimum absolute atomic E-state index is 0.0205. The first kappa shape index (κ1) is 25.9. The van der Waals surface area contributed by atoms with Crippen molar-refractivity contribution in [2.75, 3.05) is 13.1 Å². The molecule has 0 aromatic heterocycles. The zero-order valence-electron chi connectivity index (χ0n) is 18.9. The second-order valence-corrected chi connectivity index (χ2v) is 8.37. The van der Waals surface area contributed by atoms with Crippen LogP contribution in [0.1, 0.15) is 66.7 Å². The molecule has 0 aromatic carbocycles. The van der Waals surface area contributed by atoms with E-state index >= 15 is 0 Å². The minimum Gasteiger partial charge on any atom is -0.374 e. The van der Waals surface area contributed by atoms with Crippen LogP contribution in [0, 0.1) is 11.8 Å². The van der Waals surface area contributed by atoms with Crippen molar-refractivity contribution >= 4 is 23.6 Å². The molecule has 2 unspecified atom stereocenters. The molecule has 1 rings (SSSR count). The molecule has 0 saturated carbocycles. The molecule has 0 radical (unpaired) electrons. The highest BCUT2D eigenvalue weighted by Crippen LogP contribution is 2.23. The SMILES string of the molecule is CCNC(=O)[C@H](C)NC(=O)[C@@H](NC(=O)CCCCCN1C(=O)C(C)CC1O)C(C)C. The van der Waals surface area contributed by atoms with Gasteiger partial charge in [-0.3, -0.25) is 19.2 Å². The Bertz CT molecular complexity index is 610. The summed E-state index contributed by atoms with van der Waals surface area (Å²) in [4.78, 5) is 50.0. The van der Waals surface area contributed by atoms with Gasteiger partial charge in [0, 0.05) is 31.8 Å². The van der Waals surface area contributed by atoms with Crippen LogP contribution in [0.3, 0.4) is 0 Å². The Morgan fingerprint density at radius 3 is 2.30 bits per heavy atom. The largest absolute Gasteiger partial charge is 0.374 e. The number of aliphatic hydroxyl groups is 1. The normalized spacial score (nSPS) is 20.8. The summed E-state index contributed by atoms with van der Waals surface area (Å²) in [5, 5.41) is 17.9. The number of hydrogen-bond acceptors (Lipinski definition) is 5. The molecule has 1 aliphatic heterocycles. The highest BCUT2D eigenvalue weighted by Gasteiger charge is 2.34. The number of rotatable bonds is 12. The molecule has 4 amide bonds. The van der Waals surface area contributed by atoms with E-state index < -0.39 is 18.3 Å². The van der Waals surface area contributed by atoms with Gasteiger partial charge in [0.15, 0.2) is 0 Å². The molecule has 1 fully saturated rings. The third-order valence-electron chi connectivity index (χ3n) is 5.30. The summed E-state index contributed by atoms with van der Waals surface area (Å²) in [6.45, 7) is 9.85. The third kappa shape index (κ3) is 7.93. The van der Waals surface area contributed by atoms with Crippen LogP contribution < -0.4 is 16.0 Å². The number of carbonyl (C=O) groups excluding carboxylic acids is 4. The first-order valence-corrected chi connectivity index (χ1v) is 10.9. The van der Waals surface area contributed by atoms with Gasteiger partial charge in [-0.25, -0.2) is 0 Å². The van der Waals surface area contributed by atoms with Gasteiger partial charge in [0.1, 0.15) is 18.3 Å². The average molecular weight is 427 g/mol. The fourth-order valence-corrected chi connectivity index (χ4v) is 3.45. The minimum atomic E-state index is -0.715. The molecular weight excluding hydrogens is 388 g/mol. The lowest BCUT2D eigenvalue weighted by molar-refractivity contribution is -0.135. The van der Waals surface area contributed by atoms with Crippen LogP contribution in [0.4, 0.5) is 0 Å². The number of aliphatic hydroxyl groups excluding tert-OH is 1. The van der Waals surface area contributed by atoms with Crippen molar-refractivity contribution in [2.24, 2.45) is 11.8 Å². The van der Waals surface area contributed by atoms with E-state index in [1.165, 1.54) is 4.90 Å². The lowest BCUT2D eigenvalue weighted by atomic mass is 10.0. The summed E-state index contributed by atoms with van der Waals surface area (Å²) in [7, 11) is 0. The molecule has 1 heterocycles. The average Bonchev–Trinajstić information content (AvgIpc) is 2.91. The first-order chi connectivity index (χ1) is 14.1. The van der Waals surface area contributed by atoms with Gasteiger partial charge in [0.05, 0.1) is 0 Å². The van der Waals surface area contributed by atoms with Gasteiger partial charge in [0.25, 0.3) is 0 Å². The third-order valence-corrected chi connectivity index (χ3v) is 5.30. The molecule has 0 aromatic rings. The van der Waals surface area contributed by atoms with E-state index in [0.717, 1.165) is 6.42 Å². The molecular formula is C21H38N4O5. The Balaban J connectivity index is 2.37. The monoisotopic (exact) mass is 426 g/mol. The second kappa shape index (κ2) is 12.5. The Morgan fingerprint density at radius 2 is 1.77 bits per heavy atom. The van der Waals surface area contributed by atoms with Crippen molar-refractivity contribution in [1.29, 1.82) is 0 Å². The van der Waals surface area contributed by atoms with Crippen molar-refractivity contribution in [2.45, 2.75) is 85.0 Å². The van der Waals surface area contributed by atoms with E-state index in [1.807, 2.05) is 20.8 Å². The van der Waals surface area contributed by atoms with Gasteiger partial charge in [-0.2, -0.15) is 0 Å². The fourth-order valence-electron chi connectivity index (χ4n) is 3.45. The van der Waals surface area contributed by atoms with Crippen LogP contribution in [0.5, 0.6) is 0 Å². The van der Waals surface area contributed by atoms with Crippen LogP contribution in [0.15, 0.2) is 0 Å². The first-order valence-electron chi connectivity index (χ1n) is 10.9. The quantitative estimate of drug-likeness (QED) is 0.338. The van der Waals surface area contributed by atoms with Crippen LogP contribution >= 0.6 is 0 Å². The van der Waals surface area contributed by atoms with Gasteiger partial charge >= 0.3 is 0 Å². The smallest absolute Gasteiger partial charge is 0.243 e. The van der Waals surface area contributed by atoms with Gasteiger partial charge in [-0.1, -0.05) is 27.2 Å². The van der Waals surface area contributed by atoms with E-state index in [-0.39, 0.29) is 41.9 Å². The number of nitrogens with zero attached hydrogens (tertiary/aromatic N) is 1. The Labute approximate surface area is 179 Å². The number of likely N-dealkylation sites (tertiary alicyclic amines) is 1. The molecule has 4 N–H and O–H groups in total. The summed E-state index contributed by atoms with van der Waals surface area (Å²) >= 11 is 0. The molecule has 0 aliphatic carbocycles. The fraction of sp³-hybridized carbons (Fsp3) is 0.810. The van der Waals surface area contributed by atoms with Crippen LogP contribution in [-0.4, -0.2) is 65.0 Å². The van der Waals surface area contributed by atoms with Crippen molar-refractivity contribution in [1.82, 2.24) is 20.9 Å². The molecule has 1 saturated heterocycles. The number of likely N-dealkylation sites (N-methyl/N-ethyl adjacent to an activating group) is 1. The summed E-state index contributed by atoms with van der Waals surface area (Å²) in [5.74, 6) is -1.16. The predicted molar refractivity (Wildman–Crippen MR) is 113 cm³/mol. The predicted octanol–water partition coefficient (Wildman–Crippen LogP) is 0.515. The lowest BCUT2D eigenvalue weighted by Gasteiger charge is -2.24. The summed E-state index contributed by atoms with van der Waals surface area (Å²) in [6, 6.07) is -1.39. The van der Waals surface area contributed by atoms with Crippen molar-refractivity contribution in [3.63, 3.8) is 0 Å². The molecule has 30 heavy (non-hydrogen) atoms. The number of nitrogens with one attached hydrogen (secondary N) is 3. The molecule has 4 atom stereocenters. The molecule has 172 valence electrons. The van der Waals surface area contributed by atoms with E-state index in [1.54, 1.807) is 13.8 Å². The van der Waals surface area contributed by atoms with Crippen LogP contribution in [-0.2, 0) is 19.2 Å².